The number of carbonyl (C=O) groups is 1. The molecule has 0 spiro atoms. The number of hydrogen-bond donors (Lipinski definition) is 2. The summed E-state index contributed by atoms with van der Waals surface area (Å²) in [6.45, 7) is 0.219. The average molecular weight is 254 g/mol. The molecule has 0 bridgehead atoms. The highest BCUT2D eigenvalue weighted by Gasteiger charge is 2.12. The third-order valence-electron chi connectivity index (χ3n) is 2.22. The largest absolute Gasteiger partial charge is 0.383 e. The van der Waals surface area contributed by atoms with Gasteiger partial charge in [-0.15, -0.1) is 0 Å². The van der Waals surface area contributed by atoms with Crippen LogP contribution in [0.25, 0.3) is 0 Å². The number of ether oxygens (including phenoxy) is 1. The molecular weight excluding hydrogens is 236 g/mol. The molecule has 4 nitrogen and oxygen atoms in total. The lowest BCUT2D eigenvalue weighted by atomic mass is 10.2. The highest BCUT2D eigenvalue weighted by molar-refractivity contribution is 7.97. The lowest BCUT2D eigenvalue weighted by molar-refractivity contribution is -0.118. The number of hydrogen-bond acceptors (Lipinski definition) is 4. The van der Waals surface area contributed by atoms with Gasteiger partial charge in [-0.25, -0.2) is 0 Å². The summed E-state index contributed by atoms with van der Waals surface area (Å²) in [5, 5.41) is 2.75. The summed E-state index contributed by atoms with van der Waals surface area (Å²) in [7, 11) is 1.52. The molecule has 1 aromatic rings. The van der Waals surface area contributed by atoms with Crippen molar-refractivity contribution in [3.05, 3.63) is 29.8 Å². The zero-order valence-electron chi connectivity index (χ0n) is 10.1. The van der Waals surface area contributed by atoms with Crippen LogP contribution in [0.15, 0.2) is 24.3 Å². The number of benzene rings is 1. The molecule has 1 aromatic carbocycles. The molecule has 3 N–H and O–H groups in total. The van der Waals surface area contributed by atoms with Gasteiger partial charge in [-0.1, -0.05) is 12.1 Å². The lowest BCUT2D eigenvalue weighted by Crippen LogP contribution is -2.39. The van der Waals surface area contributed by atoms with Crippen molar-refractivity contribution >= 4 is 23.4 Å². The molecule has 94 valence electrons. The Morgan fingerprint density at radius 3 is 2.65 bits per heavy atom. The van der Waals surface area contributed by atoms with Crippen molar-refractivity contribution < 1.29 is 9.53 Å². The van der Waals surface area contributed by atoms with Gasteiger partial charge in [0.05, 0.1) is 6.61 Å². The summed E-state index contributed by atoms with van der Waals surface area (Å²) in [4.78, 5) is 11.6. The first-order chi connectivity index (χ1) is 8.17. The molecule has 0 aliphatic heterocycles. The molecule has 0 heterocycles. The first kappa shape index (κ1) is 14.0. The molecule has 1 amide bonds. The second-order valence-electron chi connectivity index (χ2n) is 3.68. The molecule has 5 heteroatoms. The summed E-state index contributed by atoms with van der Waals surface area (Å²) in [6.07, 6.45) is 2.06. The van der Waals surface area contributed by atoms with Crippen LogP contribution in [-0.4, -0.2) is 31.9 Å². The third-order valence-corrected chi connectivity index (χ3v) is 2.84. The SMILES string of the molecule is COCC(N)C(=O)Nc1ccc(CSC)cc1. The van der Waals surface area contributed by atoms with E-state index in [2.05, 4.69) is 11.6 Å². The minimum atomic E-state index is -0.633. The van der Waals surface area contributed by atoms with Crippen molar-refractivity contribution in [1.29, 1.82) is 0 Å². The first-order valence-corrected chi connectivity index (χ1v) is 6.70. The Kier molecular flexibility index (Phi) is 6.04. The maximum absolute atomic E-state index is 11.6. The zero-order valence-corrected chi connectivity index (χ0v) is 10.9. The second kappa shape index (κ2) is 7.32. The van der Waals surface area contributed by atoms with Crippen LogP contribution in [-0.2, 0) is 15.3 Å². The maximum atomic E-state index is 11.6. The van der Waals surface area contributed by atoms with E-state index in [0.717, 1.165) is 11.4 Å². The van der Waals surface area contributed by atoms with E-state index in [9.17, 15) is 4.79 Å². The number of anilines is 1. The number of amides is 1. The van der Waals surface area contributed by atoms with Crippen LogP contribution in [0.4, 0.5) is 5.69 Å². The Morgan fingerprint density at radius 2 is 2.12 bits per heavy atom. The molecule has 17 heavy (non-hydrogen) atoms. The highest BCUT2D eigenvalue weighted by atomic mass is 32.2. The molecule has 0 radical (unpaired) electrons. The number of nitrogens with one attached hydrogen (secondary N) is 1. The Hall–Kier alpha value is -1.04. The fourth-order valence-corrected chi connectivity index (χ4v) is 1.87. The van der Waals surface area contributed by atoms with Crippen LogP contribution < -0.4 is 11.1 Å². The van der Waals surface area contributed by atoms with Crippen LogP contribution in [0.5, 0.6) is 0 Å². The standard InChI is InChI=1S/C12H18N2O2S/c1-16-7-11(13)12(15)14-10-5-3-9(4-6-10)8-17-2/h3-6,11H,7-8,13H2,1-2H3,(H,14,15). The quantitative estimate of drug-likeness (QED) is 0.806. The van der Waals surface area contributed by atoms with Crippen molar-refractivity contribution in [3.8, 4) is 0 Å². The summed E-state index contributed by atoms with van der Waals surface area (Å²) in [6, 6.07) is 7.11. The predicted molar refractivity (Wildman–Crippen MR) is 72.1 cm³/mol. The number of nitrogens with two attached hydrogens (primary N) is 1. The van der Waals surface area contributed by atoms with Gasteiger partial charge in [-0.3, -0.25) is 4.79 Å². The molecule has 0 aliphatic carbocycles. The van der Waals surface area contributed by atoms with E-state index in [0.29, 0.717) is 0 Å². The Labute approximate surface area is 106 Å². The normalized spacial score (nSPS) is 12.2. The maximum Gasteiger partial charge on any atom is 0.243 e. The van der Waals surface area contributed by atoms with Gasteiger partial charge < -0.3 is 15.8 Å². The van der Waals surface area contributed by atoms with Crippen molar-refractivity contribution in [2.24, 2.45) is 5.73 Å². The fourth-order valence-electron chi connectivity index (χ4n) is 1.34. The lowest BCUT2D eigenvalue weighted by Gasteiger charge is -2.11. The topological polar surface area (TPSA) is 64.3 Å². The van der Waals surface area contributed by atoms with Crippen LogP contribution in [0.3, 0.4) is 0 Å². The van der Waals surface area contributed by atoms with Gasteiger partial charge in [0.15, 0.2) is 0 Å². The number of methoxy groups -OCH3 is 1. The summed E-state index contributed by atoms with van der Waals surface area (Å²) in [5.74, 6) is 0.738. The molecular formula is C12H18N2O2S. The summed E-state index contributed by atoms with van der Waals surface area (Å²) >= 11 is 1.76. The smallest absolute Gasteiger partial charge is 0.243 e. The van der Waals surface area contributed by atoms with Gasteiger partial charge in [-0.05, 0) is 24.0 Å². The van der Waals surface area contributed by atoms with Gasteiger partial charge >= 0.3 is 0 Å². The highest BCUT2D eigenvalue weighted by Crippen LogP contribution is 2.13. The van der Waals surface area contributed by atoms with Crippen LogP contribution in [0.2, 0.25) is 0 Å². The van der Waals surface area contributed by atoms with Crippen molar-refractivity contribution in [2.45, 2.75) is 11.8 Å². The van der Waals surface area contributed by atoms with Crippen LogP contribution in [0.1, 0.15) is 5.56 Å². The van der Waals surface area contributed by atoms with Crippen molar-refractivity contribution in [1.82, 2.24) is 0 Å². The molecule has 1 unspecified atom stereocenters. The first-order valence-electron chi connectivity index (χ1n) is 5.30. The minimum Gasteiger partial charge on any atom is -0.383 e. The van der Waals surface area contributed by atoms with E-state index < -0.39 is 6.04 Å². The Bertz CT molecular complexity index is 354. The number of rotatable bonds is 6. The van der Waals surface area contributed by atoms with Crippen molar-refractivity contribution in [3.63, 3.8) is 0 Å². The number of carbonyl (C=O) groups excluding carboxylic acids is 1. The fraction of sp³-hybridized carbons (Fsp3) is 0.417. The summed E-state index contributed by atoms with van der Waals surface area (Å²) in [5.41, 5.74) is 7.60. The molecule has 1 atom stereocenters. The molecule has 0 aliphatic rings. The van der Waals surface area contributed by atoms with Gasteiger partial charge in [0.25, 0.3) is 0 Å². The van der Waals surface area contributed by atoms with Crippen LogP contribution >= 0.6 is 11.8 Å². The van der Waals surface area contributed by atoms with Gasteiger partial charge in [0.2, 0.25) is 5.91 Å². The Morgan fingerprint density at radius 1 is 1.47 bits per heavy atom. The predicted octanol–water partition coefficient (Wildman–Crippen LogP) is 1.46. The molecule has 1 rings (SSSR count). The van der Waals surface area contributed by atoms with E-state index >= 15 is 0 Å². The minimum absolute atomic E-state index is 0.219. The van der Waals surface area contributed by atoms with E-state index in [1.54, 1.807) is 11.8 Å². The van der Waals surface area contributed by atoms with Gasteiger partial charge in [0.1, 0.15) is 6.04 Å². The van der Waals surface area contributed by atoms with Gasteiger partial charge in [-0.2, -0.15) is 11.8 Å². The molecule has 0 aromatic heterocycles. The molecule has 0 saturated carbocycles. The van der Waals surface area contributed by atoms with E-state index in [1.807, 2.05) is 24.3 Å². The second-order valence-corrected chi connectivity index (χ2v) is 4.55. The average Bonchev–Trinajstić information content (AvgIpc) is 2.32. The van der Waals surface area contributed by atoms with Crippen LogP contribution in [0, 0.1) is 0 Å². The molecule has 0 fully saturated rings. The van der Waals surface area contributed by atoms with Crippen molar-refractivity contribution in [2.75, 3.05) is 25.3 Å². The van der Waals surface area contributed by atoms with E-state index in [1.165, 1.54) is 12.7 Å². The monoisotopic (exact) mass is 254 g/mol. The number of thioether (sulfide) groups is 1. The zero-order chi connectivity index (χ0) is 12.7. The summed E-state index contributed by atoms with van der Waals surface area (Å²) < 4.78 is 4.82. The molecule has 0 saturated heterocycles. The Balaban J connectivity index is 2.53. The van der Waals surface area contributed by atoms with Gasteiger partial charge in [0, 0.05) is 18.6 Å². The van der Waals surface area contributed by atoms with E-state index in [4.69, 9.17) is 10.5 Å². The third kappa shape index (κ3) is 4.77. The van der Waals surface area contributed by atoms with E-state index in [-0.39, 0.29) is 12.5 Å².